The molecule has 0 fully saturated rings. The fourth-order valence-electron chi connectivity index (χ4n) is 1.85. The minimum atomic E-state index is 0.425. The molecule has 0 spiro atoms. The summed E-state index contributed by atoms with van der Waals surface area (Å²) in [7, 11) is 0. The van der Waals surface area contributed by atoms with E-state index in [4.69, 9.17) is 23.8 Å². The van der Waals surface area contributed by atoms with Gasteiger partial charge in [-0.15, -0.1) is 11.3 Å². The number of nitrogens with one attached hydrogen (secondary N) is 1. The Morgan fingerprint density at radius 3 is 2.86 bits per heavy atom. The fraction of sp³-hybridized carbons (Fsp3) is 0.0714. The highest BCUT2D eigenvalue weighted by Gasteiger charge is 2.11. The van der Waals surface area contributed by atoms with Crippen molar-refractivity contribution in [2.24, 2.45) is 5.10 Å². The maximum atomic E-state index is 6.21. The Balaban J connectivity index is 2.04. The molecule has 0 unspecified atom stereocenters. The first kappa shape index (κ1) is 14.2. The Bertz CT molecular complexity index is 860. The minimum absolute atomic E-state index is 0.425. The van der Waals surface area contributed by atoms with Crippen molar-refractivity contribution in [3.8, 4) is 11.4 Å². The van der Waals surface area contributed by atoms with Gasteiger partial charge in [-0.05, 0) is 43.4 Å². The van der Waals surface area contributed by atoms with Crippen molar-refractivity contribution in [2.45, 2.75) is 6.92 Å². The number of halogens is 1. The van der Waals surface area contributed by atoms with Gasteiger partial charge in [0.2, 0.25) is 4.77 Å². The highest BCUT2D eigenvalue weighted by molar-refractivity contribution is 7.71. The zero-order chi connectivity index (χ0) is 14.8. The van der Waals surface area contributed by atoms with Crippen LogP contribution in [0.1, 0.15) is 9.75 Å². The topological polar surface area (TPSA) is 46.0 Å². The largest absolute Gasteiger partial charge is 0.250 e. The summed E-state index contributed by atoms with van der Waals surface area (Å²) in [6.45, 7) is 2.06. The Morgan fingerprint density at radius 1 is 1.33 bits per heavy atom. The predicted molar refractivity (Wildman–Crippen MR) is 89.9 cm³/mol. The molecule has 0 amide bonds. The molecule has 0 bridgehead atoms. The van der Waals surface area contributed by atoms with Gasteiger partial charge >= 0.3 is 0 Å². The molecule has 4 nitrogen and oxygen atoms in total. The number of nitrogens with zero attached hydrogens (tertiary/aromatic N) is 3. The molecule has 106 valence electrons. The summed E-state index contributed by atoms with van der Waals surface area (Å²) in [6, 6.07) is 11.5. The normalized spacial score (nSPS) is 11.3. The van der Waals surface area contributed by atoms with Gasteiger partial charge in [0.05, 0.1) is 11.2 Å². The van der Waals surface area contributed by atoms with E-state index in [-0.39, 0.29) is 0 Å². The Labute approximate surface area is 135 Å². The zero-order valence-electron chi connectivity index (χ0n) is 11.1. The summed E-state index contributed by atoms with van der Waals surface area (Å²) in [5.74, 6) is 0.593. The molecule has 0 aliphatic rings. The lowest BCUT2D eigenvalue weighted by Crippen LogP contribution is -1.94. The Kier molecular flexibility index (Phi) is 4.01. The SMILES string of the molecule is Cc1ccc(/C=N/n2c(-c3ccccc3Cl)n[nH]c2=S)s1. The van der Waals surface area contributed by atoms with Crippen LogP contribution in [0.4, 0.5) is 0 Å². The summed E-state index contributed by atoms with van der Waals surface area (Å²) >= 11 is 13.1. The highest BCUT2D eigenvalue weighted by atomic mass is 35.5. The van der Waals surface area contributed by atoms with Gasteiger partial charge < -0.3 is 0 Å². The number of thiophene rings is 1. The van der Waals surface area contributed by atoms with Crippen LogP contribution in [-0.2, 0) is 0 Å². The van der Waals surface area contributed by atoms with Gasteiger partial charge in [0.25, 0.3) is 0 Å². The summed E-state index contributed by atoms with van der Waals surface area (Å²) in [6.07, 6.45) is 1.77. The van der Waals surface area contributed by atoms with Crippen LogP contribution in [0.25, 0.3) is 11.4 Å². The van der Waals surface area contributed by atoms with Gasteiger partial charge in [-0.1, -0.05) is 23.7 Å². The third-order valence-electron chi connectivity index (χ3n) is 2.83. The third-order valence-corrected chi connectivity index (χ3v) is 4.36. The van der Waals surface area contributed by atoms with Gasteiger partial charge in [0, 0.05) is 15.3 Å². The van der Waals surface area contributed by atoms with Crippen molar-refractivity contribution >= 4 is 41.4 Å². The van der Waals surface area contributed by atoms with Gasteiger partial charge in [0.15, 0.2) is 5.82 Å². The third kappa shape index (κ3) is 2.97. The second-order valence-corrected chi connectivity index (χ2v) is 6.45. The van der Waals surface area contributed by atoms with E-state index >= 15 is 0 Å². The Hall–Kier alpha value is -1.76. The summed E-state index contributed by atoms with van der Waals surface area (Å²) in [5, 5.41) is 12.0. The molecule has 3 rings (SSSR count). The van der Waals surface area contributed by atoms with Crippen LogP contribution in [0, 0.1) is 11.7 Å². The number of H-pyrrole nitrogens is 1. The maximum absolute atomic E-state index is 6.21. The van der Waals surface area contributed by atoms with Crippen molar-refractivity contribution in [2.75, 3.05) is 0 Å². The lowest BCUT2D eigenvalue weighted by Gasteiger charge is -2.02. The monoisotopic (exact) mass is 334 g/mol. The second-order valence-electron chi connectivity index (χ2n) is 4.34. The van der Waals surface area contributed by atoms with Gasteiger partial charge in [-0.2, -0.15) is 14.9 Å². The van der Waals surface area contributed by atoms with E-state index in [0.29, 0.717) is 15.6 Å². The van der Waals surface area contributed by atoms with E-state index in [2.05, 4.69) is 28.3 Å². The summed E-state index contributed by atoms with van der Waals surface area (Å²) in [4.78, 5) is 2.29. The van der Waals surface area contributed by atoms with E-state index in [1.807, 2.05) is 30.3 Å². The van der Waals surface area contributed by atoms with E-state index in [0.717, 1.165) is 10.4 Å². The molecule has 0 saturated carbocycles. The van der Waals surface area contributed by atoms with Gasteiger partial charge in [-0.3, -0.25) is 0 Å². The van der Waals surface area contributed by atoms with Crippen LogP contribution in [0.2, 0.25) is 5.02 Å². The number of rotatable bonds is 3. The molecule has 2 aromatic heterocycles. The number of aryl methyl sites for hydroxylation is 1. The fourth-order valence-corrected chi connectivity index (χ4v) is 3.00. The molecule has 1 aromatic carbocycles. The van der Waals surface area contributed by atoms with Crippen LogP contribution in [-0.4, -0.2) is 21.1 Å². The molecule has 1 N–H and O–H groups in total. The van der Waals surface area contributed by atoms with Crippen LogP contribution >= 0.6 is 35.2 Å². The average molecular weight is 335 g/mol. The summed E-state index contributed by atoms with van der Waals surface area (Å²) in [5.41, 5.74) is 0.783. The standard InChI is InChI=1S/C14H11ClN4S2/c1-9-6-7-10(21-9)8-16-19-13(17-18-14(19)20)11-4-2-3-5-12(11)15/h2-8H,1H3,(H,18,20)/b16-8+. The number of aromatic amines is 1. The first-order valence-corrected chi connectivity index (χ1v) is 7.78. The molecule has 0 saturated heterocycles. The predicted octanol–water partition coefficient (Wildman–Crippen LogP) is 4.51. The van der Waals surface area contributed by atoms with Crippen molar-refractivity contribution in [3.63, 3.8) is 0 Å². The lowest BCUT2D eigenvalue weighted by molar-refractivity contribution is 0.872. The second kappa shape index (κ2) is 5.93. The number of aromatic nitrogens is 3. The van der Waals surface area contributed by atoms with Gasteiger partial charge in [0.1, 0.15) is 0 Å². The maximum Gasteiger partial charge on any atom is 0.216 e. The van der Waals surface area contributed by atoms with Gasteiger partial charge in [-0.25, -0.2) is 5.10 Å². The molecule has 7 heteroatoms. The molecule has 0 aliphatic heterocycles. The van der Waals surface area contributed by atoms with Crippen LogP contribution < -0.4 is 0 Å². The minimum Gasteiger partial charge on any atom is -0.250 e. The van der Waals surface area contributed by atoms with Crippen molar-refractivity contribution < 1.29 is 0 Å². The molecule has 0 atom stereocenters. The van der Waals surface area contributed by atoms with E-state index in [1.54, 1.807) is 22.2 Å². The van der Waals surface area contributed by atoms with Crippen LogP contribution in [0.5, 0.6) is 0 Å². The Morgan fingerprint density at radius 2 is 2.14 bits per heavy atom. The van der Waals surface area contributed by atoms with E-state index < -0.39 is 0 Å². The van der Waals surface area contributed by atoms with Crippen molar-refractivity contribution in [3.05, 3.63) is 55.9 Å². The molecular formula is C14H11ClN4S2. The van der Waals surface area contributed by atoms with E-state index in [9.17, 15) is 0 Å². The first-order chi connectivity index (χ1) is 10.1. The van der Waals surface area contributed by atoms with Crippen molar-refractivity contribution in [1.29, 1.82) is 0 Å². The molecular weight excluding hydrogens is 324 g/mol. The smallest absolute Gasteiger partial charge is 0.216 e. The van der Waals surface area contributed by atoms with E-state index in [1.165, 1.54) is 4.88 Å². The average Bonchev–Trinajstić information content (AvgIpc) is 3.04. The quantitative estimate of drug-likeness (QED) is 0.565. The molecule has 2 heterocycles. The molecule has 3 aromatic rings. The molecule has 0 aliphatic carbocycles. The summed E-state index contributed by atoms with van der Waals surface area (Å²) < 4.78 is 2.00. The van der Waals surface area contributed by atoms with Crippen LogP contribution in [0.15, 0.2) is 41.5 Å². The number of benzene rings is 1. The molecule has 21 heavy (non-hydrogen) atoms. The first-order valence-electron chi connectivity index (χ1n) is 6.18. The number of hydrogen-bond donors (Lipinski definition) is 1. The molecule has 0 radical (unpaired) electrons. The zero-order valence-corrected chi connectivity index (χ0v) is 13.5. The highest BCUT2D eigenvalue weighted by Crippen LogP contribution is 2.26. The number of hydrogen-bond acceptors (Lipinski definition) is 4. The van der Waals surface area contributed by atoms with Crippen LogP contribution in [0.3, 0.4) is 0 Å². The lowest BCUT2D eigenvalue weighted by atomic mass is 10.2. The van der Waals surface area contributed by atoms with Crippen molar-refractivity contribution in [1.82, 2.24) is 14.9 Å².